The smallest absolute Gasteiger partial charge is 0.0409 e. The highest BCUT2D eigenvalue weighted by atomic mass is 35.5. The van der Waals surface area contributed by atoms with E-state index < -0.39 is 0 Å². The van der Waals surface area contributed by atoms with Crippen LogP contribution in [0.4, 0.5) is 0 Å². The second kappa shape index (κ2) is 6.20. The molecule has 0 atom stereocenters. The maximum absolute atomic E-state index is 6.00. The molecule has 17 heavy (non-hydrogen) atoms. The van der Waals surface area contributed by atoms with Crippen LogP contribution in [0.2, 0.25) is 5.02 Å². The van der Waals surface area contributed by atoms with Gasteiger partial charge < -0.3 is 0 Å². The quantitative estimate of drug-likeness (QED) is 0.773. The highest BCUT2D eigenvalue weighted by molar-refractivity contribution is 7.09. The molecular formula is C14H16ClNS. The Labute approximate surface area is 112 Å². The molecule has 2 aromatic rings. The Morgan fingerprint density at radius 2 is 2.06 bits per heavy atom. The van der Waals surface area contributed by atoms with Gasteiger partial charge in [0.1, 0.15) is 0 Å². The summed E-state index contributed by atoms with van der Waals surface area (Å²) in [5.41, 5.74) is 1.27. The van der Waals surface area contributed by atoms with E-state index in [1.807, 2.05) is 29.5 Å². The van der Waals surface area contributed by atoms with Crippen LogP contribution in [-0.4, -0.2) is 11.4 Å². The molecule has 0 radical (unpaired) electrons. The van der Waals surface area contributed by atoms with Crippen molar-refractivity contribution >= 4 is 22.9 Å². The Balaban J connectivity index is 2.00. The van der Waals surface area contributed by atoms with Gasteiger partial charge in [-0.05, 0) is 35.7 Å². The number of hydrogen-bond acceptors (Lipinski definition) is 2. The molecule has 0 spiro atoms. The molecule has 1 aromatic heterocycles. The van der Waals surface area contributed by atoms with Gasteiger partial charge in [0, 0.05) is 23.0 Å². The molecule has 1 heterocycles. The molecule has 0 aliphatic heterocycles. The zero-order valence-electron chi connectivity index (χ0n) is 9.90. The molecule has 0 unspecified atom stereocenters. The van der Waals surface area contributed by atoms with E-state index in [-0.39, 0.29) is 0 Å². The standard InChI is InChI=1S/C14H16ClNS/c1-2-16(11-14-7-4-8-17-14)10-12-5-3-6-13(15)9-12/h3-9H,2,10-11H2,1H3. The molecule has 0 amide bonds. The van der Waals surface area contributed by atoms with Gasteiger partial charge in [-0.25, -0.2) is 0 Å². The Morgan fingerprint density at radius 1 is 1.18 bits per heavy atom. The summed E-state index contributed by atoms with van der Waals surface area (Å²) in [6, 6.07) is 12.4. The van der Waals surface area contributed by atoms with E-state index in [4.69, 9.17) is 11.6 Å². The van der Waals surface area contributed by atoms with Gasteiger partial charge in [0.2, 0.25) is 0 Å². The van der Waals surface area contributed by atoms with Crippen LogP contribution in [0, 0.1) is 0 Å². The van der Waals surface area contributed by atoms with E-state index >= 15 is 0 Å². The van der Waals surface area contributed by atoms with Crippen molar-refractivity contribution in [3.05, 3.63) is 57.2 Å². The maximum atomic E-state index is 6.00. The molecule has 90 valence electrons. The summed E-state index contributed by atoms with van der Waals surface area (Å²) < 4.78 is 0. The zero-order valence-corrected chi connectivity index (χ0v) is 11.5. The lowest BCUT2D eigenvalue weighted by Crippen LogP contribution is -2.21. The van der Waals surface area contributed by atoms with Crippen LogP contribution in [0.3, 0.4) is 0 Å². The van der Waals surface area contributed by atoms with Crippen molar-refractivity contribution in [1.82, 2.24) is 4.90 Å². The van der Waals surface area contributed by atoms with Crippen molar-refractivity contribution in [2.75, 3.05) is 6.54 Å². The predicted molar refractivity (Wildman–Crippen MR) is 75.6 cm³/mol. The zero-order chi connectivity index (χ0) is 12.1. The molecule has 0 bridgehead atoms. The van der Waals surface area contributed by atoms with Crippen LogP contribution in [-0.2, 0) is 13.1 Å². The highest BCUT2D eigenvalue weighted by Crippen LogP contribution is 2.16. The lowest BCUT2D eigenvalue weighted by molar-refractivity contribution is 0.274. The van der Waals surface area contributed by atoms with Crippen molar-refractivity contribution in [3.8, 4) is 0 Å². The average Bonchev–Trinajstić information content (AvgIpc) is 2.81. The summed E-state index contributed by atoms with van der Waals surface area (Å²) >= 11 is 7.81. The Morgan fingerprint density at radius 3 is 2.71 bits per heavy atom. The van der Waals surface area contributed by atoms with Gasteiger partial charge in [-0.15, -0.1) is 11.3 Å². The van der Waals surface area contributed by atoms with Gasteiger partial charge in [-0.1, -0.05) is 36.7 Å². The second-order valence-electron chi connectivity index (χ2n) is 4.01. The summed E-state index contributed by atoms with van der Waals surface area (Å²) in [7, 11) is 0. The van der Waals surface area contributed by atoms with Crippen molar-refractivity contribution in [3.63, 3.8) is 0 Å². The minimum absolute atomic E-state index is 0.815. The average molecular weight is 266 g/mol. The first kappa shape index (κ1) is 12.6. The lowest BCUT2D eigenvalue weighted by atomic mass is 10.2. The molecule has 0 aliphatic carbocycles. The fraction of sp³-hybridized carbons (Fsp3) is 0.286. The fourth-order valence-electron chi connectivity index (χ4n) is 1.80. The first-order chi connectivity index (χ1) is 8.28. The summed E-state index contributed by atoms with van der Waals surface area (Å²) in [6.07, 6.45) is 0. The van der Waals surface area contributed by atoms with Crippen LogP contribution in [0.5, 0.6) is 0 Å². The van der Waals surface area contributed by atoms with Gasteiger partial charge in [0.25, 0.3) is 0 Å². The molecule has 1 nitrogen and oxygen atoms in total. The normalized spacial score (nSPS) is 11.0. The van der Waals surface area contributed by atoms with Crippen LogP contribution in [0.25, 0.3) is 0 Å². The van der Waals surface area contributed by atoms with E-state index in [0.717, 1.165) is 24.7 Å². The van der Waals surface area contributed by atoms with Crippen LogP contribution < -0.4 is 0 Å². The van der Waals surface area contributed by atoms with Crippen LogP contribution in [0.15, 0.2) is 41.8 Å². The third-order valence-electron chi connectivity index (χ3n) is 2.70. The minimum atomic E-state index is 0.815. The SMILES string of the molecule is CCN(Cc1cccc(Cl)c1)Cc1cccs1. The molecule has 0 fully saturated rings. The number of thiophene rings is 1. The summed E-state index contributed by atoms with van der Waals surface area (Å²) in [5, 5.41) is 2.94. The first-order valence-corrected chi connectivity index (χ1v) is 7.03. The summed E-state index contributed by atoms with van der Waals surface area (Å²) in [4.78, 5) is 3.83. The summed E-state index contributed by atoms with van der Waals surface area (Å²) in [5.74, 6) is 0. The monoisotopic (exact) mass is 265 g/mol. The molecule has 0 N–H and O–H groups in total. The van der Waals surface area contributed by atoms with E-state index in [0.29, 0.717) is 0 Å². The minimum Gasteiger partial charge on any atom is -0.294 e. The van der Waals surface area contributed by atoms with Crippen LogP contribution in [0.1, 0.15) is 17.4 Å². The van der Waals surface area contributed by atoms with Crippen LogP contribution >= 0.6 is 22.9 Å². The summed E-state index contributed by atoms with van der Waals surface area (Å²) in [6.45, 7) is 5.21. The third kappa shape index (κ3) is 3.84. The van der Waals surface area contributed by atoms with E-state index in [9.17, 15) is 0 Å². The highest BCUT2D eigenvalue weighted by Gasteiger charge is 2.05. The number of halogens is 1. The van der Waals surface area contributed by atoms with Crippen molar-refractivity contribution < 1.29 is 0 Å². The number of rotatable bonds is 5. The number of benzene rings is 1. The van der Waals surface area contributed by atoms with Gasteiger partial charge in [0.05, 0.1) is 0 Å². The number of hydrogen-bond donors (Lipinski definition) is 0. The van der Waals surface area contributed by atoms with Gasteiger partial charge >= 0.3 is 0 Å². The Kier molecular flexibility index (Phi) is 4.60. The Hall–Kier alpha value is -0.830. The lowest BCUT2D eigenvalue weighted by Gasteiger charge is -2.19. The molecule has 1 aromatic carbocycles. The van der Waals surface area contributed by atoms with Gasteiger partial charge in [-0.2, -0.15) is 0 Å². The van der Waals surface area contributed by atoms with E-state index in [1.54, 1.807) is 0 Å². The van der Waals surface area contributed by atoms with Gasteiger partial charge in [-0.3, -0.25) is 4.90 Å². The molecule has 2 rings (SSSR count). The van der Waals surface area contributed by atoms with Crippen molar-refractivity contribution in [1.29, 1.82) is 0 Å². The van der Waals surface area contributed by atoms with Gasteiger partial charge in [0.15, 0.2) is 0 Å². The van der Waals surface area contributed by atoms with E-state index in [1.165, 1.54) is 10.4 Å². The second-order valence-corrected chi connectivity index (χ2v) is 5.48. The molecule has 3 heteroatoms. The third-order valence-corrected chi connectivity index (χ3v) is 3.80. The fourth-order valence-corrected chi connectivity index (χ4v) is 2.76. The van der Waals surface area contributed by atoms with Crippen molar-refractivity contribution in [2.45, 2.75) is 20.0 Å². The maximum Gasteiger partial charge on any atom is 0.0409 e. The van der Waals surface area contributed by atoms with E-state index in [2.05, 4.69) is 35.4 Å². The molecule has 0 aliphatic rings. The Bertz CT molecular complexity index is 453. The van der Waals surface area contributed by atoms with Crippen molar-refractivity contribution in [2.24, 2.45) is 0 Å². The molecule has 0 saturated heterocycles. The first-order valence-electron chi connectivity index (χ1n) is 5.77. The largest absolute Gasteiger partial charge is 0.294 e. The molecule has 0 saturated carbocycles. The predicted octanol–water partition coefficient (Wildman–Crippen LogP) is 4.42. The molecular weight excluding hydrogens is 250 g/mol. The number of nitrogens with zero attached hydrogens (tertiary/aromatic N) is 1. The topological polar surface area (TPSA) is 3.24 Å².